The largest absolute Gasteiger partial charge is 0.493 e. The zero-order valence-electron chi connectivity index (χ0n) is 10.7. The average molecular weight is 305 g/mol. The molecule has 1 aliphatic heterocycles. The van der Waals surface area contributed by atoms with Gasteiger partial charge in [-0.15, -0.1) is 12.4 Å². The SMILES string of the molecule is COc1cc([C@H]2COC(=O)N2)c([N+](=O)[O-])cc1OC.Cl. The highest BCUT2D eigenvalue weighted by Crippen LogP contribution is 2.38. The first kappa shape index (κ1) is 15.8. The lowest BCUT2D eigenvalue weighted by Gasteiger charge is -2.13. The molecule has 9 heteroatoms. The number of nitrogens with one attached hydrogen (secondary N) is 1. The van der Waals surface area contributed by atoms with Gasteiger partial charge in [0.1, 0.15) is 6.61 Å². The summed E-state index contributed by atoms with van der Waals surface area (Å²) in [6.07, 6.45) is -0.603. The molecule has 0 unspecified atom stereocenters. The number of cyclic esters (lactones) is 1. The third-order valence-electron chi connectivity index (χ3n) is 2.78. The summed E-state index contributed by atoms with van der Waals surface area (Å²) in [6.45, 7) is 0.0369. The minimum atomic E-state index is -0.603. The Morgan fingerprint density at radius 2 is 1.95 bits per heavy atom. The van der Waals surface area contributed by atoms with Gasteiger partial charge in [-0.25, -0.2) is 4.79 Å². The van der Waals surface area contributed by atoms with Crippen LogP contribution in [0, 0.1) is 10.1 Å². The van der Waals surface area contributed by atoms with Crippen LogP contribution in [0.5, 0.6) is 11.5 Å². The van der Waals surface area contributed by atoms with Gasteiger partial charge in [-0.1, -0.05) is 0 Å². The van der Waals surface area contributed by atoms with E-state index in [4.69, 9.17) is 14.2 Å². The molecule has 1 aliphatic rings. The fraction of sp³-hybridized carbons (Fsp3) is 0.364. The Balaban J connectivity index is 0.00000200. The van der Waals surface area contributed by atoms with Crippen LogP contribution < -0.4 is 14.8 Å². The van der Waals surface area contributed by atoms with Crippen LogP contribution in [0.4, 0.5) is 10.5 Å². The van der Waals surface area contributed by atoms with Crippen LogP contribution in [-0.2, 0) is 4.74 Å². The number of ether oxygens (including phenoxy) is 3. The zero-order chi connectivity index (χ0) is 14.0. The number of amides is 1. The number of halogens is 1. The van der Waals surface area contributed by atoms with E-state index in [0.717, 1.165) is 0 Å². The van der Waals surface area contributed by atoms with E-state index >= 15 is 0 Å². The summed E-state index contributed by atoms with van der Waals surface area (Å²) in [4.78, 5) is 21.6. The smallest absolute Gasteiger partial charge is 0.407 e. The molecule has 1 aromatic carbocycles. The molecule has 1 amide bonds. The third-order valence-corrected chi connectivity index (χ3v) is 2.78. The van der Waals surface area contributed by atoms with Gasteiger partial charge in [0.15, 0.2) is 11.5 Å². The van der Waals surface area contributed by atoms with Crippen molar-refractivity contribution in [2.45, 2.75) is 6.04 Å². The van der Waals surface area contributed by atoms with Gasteiger partial charge >= 0.3 is 6.09 Å². The molecule has 1 saturated heterocycles. The van der Waals surface area contributed by atoms with Gasteiger partial charge in [0.2, 0.25) is 0 Å². The summed E-state index contributed by atoms with van der Waals surface area (Å²) in [5.74, 6) is 0.604. The molecule has 1 N–H and O–H groups in total. The van der Waals surface area contributed by atoms with Crippen molar-refractivity contribution in [3.8, 4) is 11.5 Å². The number of benzene rings is 1. The summed E-state index contributed by atoms with van der Waals surface area (Å²) >= 11 is 0. The maximum atomic E-state index is 11.1. The van der Waals surface area contributed by atoms with Crippen molar-refractivity contribution in [1.29, 1.82) is 0 Å². The summed E-state index contributed by atoms with van der Waals surface area (Å²) in [5, 5.41) is 13.6. The lowest BCUT2D eigenvalue weighted by molar-refractivity contribution is -0.385. The van der Waals surface area contributed by atoms with Gasteiger partial charge in [-0.2, -0.15) is 0 Å². The van der Waals surface area contributed by atoms with E-state index in [2.05, 4.69) is 5.32 Å². The van der Waals surface area contributed by atoms with Crippen LogP contribution in [0.3, 0.4) is 0 Å². The minimum absolute atomic E-state index is 0. The van der Waals surface area contributed by atoms with E-state index in [1.54, 1.807) is 0 Å². The lowest BCUT2D eigenvalue weighted by atomic mass is 10.0. The maximum Gasteiger partial charge on any atom is 0.407 e. The molecule has 0 spiro atoms. The van der Waals surface area contributed by atoms with Crippen molar-refractivity contribution in [2.75, 3.05) is 20.8 Å². The van der Waals surface area contributed by atoms with Gasteiger partial charge in [0.25, 0.3) is 5.69 Å². The van der Waals surface area contributed by atoms with Crippen LogP contribution in [0.2, 0.25) is 0 Å². The van der Waals surface area contributed by atoms with Crippen molar-refractivity contribution >= 4 is 24.2 Å². The van der Waals surface area contributed by atoms with Crippen molar-refractivity contribution in [3.05, 3.63) is 27.8 Å². The number of nitro groups is 1. The Morgan fingerprint density at radius 3 is 2.40 bits per heavy atom. The van der Waals surface area contributed by atoms with E-state index < -0.39 is 17.1 Å². The predicted octanol–water partition coefficient (Wildman–Crippen LogP) is 1.81. The van der Waals surface area contributed by atoms with Gasteiger partial charge in [-0.05, 0) is 6.07 Å². The highest BCUT2D eigenvalue weighted by atomic mass is 35.5. The first-order valence-corrected chi connectivity index (χ1v) is 5.40. The Morgan fingerprint density at radius 1 is 1.35 bits per heavy atom. The van der Waals surface area contributed by atoms with Crippen LogP contribution in [-0.4, -0.2) is 31.8 Å². The van der Waals surface area contributed by atoms with Gasteiger partial charge in [0.05, 0.1) is 36.8 Å². The fourth-order valence-electron chi connectivity index (χ4n) is 1.87. The van der Waals surface area contributed by atoms with E-state index in [1.165, 1.54) is 26.4 Å². The number of methoxy groups -OCH3 is 2. The number of carbonyl (C=O) groups is 1. The highest BCUT2D eigenvalue weighted by Gasteiger charge is 2.31. The standard InChI is InChI=1S/C11H12N2O6.ClH/c1-17-9-3-6(7-5-19-11(14)12-7)8(13(15)16)4-10(9)18-2;/h3-4,7H,5H2,1-2H3,(H,12,14);1H/t7-;/m1./s1. The van der Waals surface area contributed by atoms with Crippen LogP contribution in [0.25, 0.3) is 0 Å². The normalized spacial score (nSPS) is 16.7. The van der Waals surface area contributed by atoms with Crippen molar-refractivity contribution in [3.63, 3.8) is 0 Å². The van der Waals surface area contributed by atoms with Gasteiger partial charge in [0, 0.05) is 0 Å². The number of hydrogen-bond acceptors (Lipinski definition) is 6. The number of rotatable bonds is 4. The molecule has 0 saturated carbocycles. The Hall–Kier alpha value is -2.22. The summed E-state index contributed by atoms with van der Waals surface area (Å²) in [6, 6.07) is 2.16. The molecule has 0 bridgehead atoms. The average Bonchev–Trinajstić information content (AvgIpc) is 2.83. The third kappa shape index (κ3) is 2.85. The number of nitro benzene ring substituents is 1. The second-order valence-electron chi connectivity index (χ2n) is 3.82. The second-order valence-corrected chi connectivity index (χ2v) is 3.82. The fourth-order valence-corrected chi connectivity index (χ4v) is 1.87. The molecule has 8 nitrogen and oxygen atoms in total. The molecule has 20 heavy (non-hydrogen) atoms. The Bertz CT molecular complexity index is 536. The quantitative estimate of drug-likeness (QED) is 0.672. The van der Waals surface area contributed by atoms with Crippen molar-refractivity contribution < 1.29 is 23.9 Å². The van der Waals surface area contributed by atoms with E-state index in [0.29, 0.717) is 11.3 Å². The van der Waals surface area contributed by atoms with Crippen LogP contribution >= 0.6 is 12.4 Å². The summed E-state index contributed by atoms with van der Waals surface area (Å²) in [5.41, 5.74) is 0.155. The Labute approximate surface area is 120 Å². The van der Waals surface area contributed by atoms with E-state index in [-0.39, 0.29) is 30.5 Å². The maximum absolute atomic E-state index is 11.1. The molecule has 1 aromatic rings. The van der Waals surface area contributed by atoms with Crippen molar-refractivity contribution in [1.82, 2.24) is 5.32 Å². The Kier molecular flexibility index (Phi) is 4.98. The second kappa shape index (κ2) is 6.29. The highest BCUT2D eigenvalue weighted by molar-refractivity contribution is 5.85. The van der Waals surface area contributed by atoms with E-state index in [9.17, 15) is 14.9 Å². The molecule has 2 rings (SSSR count). The first-order chi connectivity index (χ1) is 9.06. The topological polar surface area (TPSA) is 99.9 Å². The molecule has 0 aromatic heterocycles. The summed E-state index contributed by atoms with van der Waals surface area (Å²) < 4.78 is 14.9. The molecule has 1 fully saturated rings. The number of alkyl carbamates (subject to hydrolysis) is 1. The molecular formula is C11H13ClN2O6. The molecule has 1 heterocycles. The van der Waals surface area contributed by atoms with Crippen LogP contribution in [0.15, 0.2) is 12.1 Å². The monoisotopic (exact) mass is 304 g/mol. The van der Waals surface area contributed by atoms with Gasteiger partial charge < -0.3 is 19.5 Å². The summed E-state index contributed by atoms with van der Waals surface area (Å²) in [7, 11) is 2.82. The van der Waals surface area contributed by atoms with Gasteiger partial charge in [-0.3, -0.25) is 10.1 Å². The lowest BCUT2D eigenvalue weighted by Crippen LogP contribution is -2.19. The first-order valence-electron chi connectivity index (χ1n) is 5.40. The molecular weight excluding hydrogens is 292 g/mol. The predicted molar refractivity (Wildman–Crippen MR) is 70.7 cm³/mol. The number of hydrogen-bond donors (Lipinski definition) is 1. The molecule has 0 aliphatic carbocycles. The van der Waals surface area contributed by atoms with E-state index in [1.807, 2.05) is 0 Å². The van der Waals surface area contributed by atoms with Crippen molar-refractivity contribution in [2.24, 2.45) is 0 Å². The van der Waals surface area contributed by atoms with Crippen LogP contribution in [0.1, 0.15) is 11.6 Å². The minimum Gasteiger partial charge on any atom is -0.493 e. The molecule has 0 radical (unpaired) electrons. The number of nitrogens with zero attached hydrogens (tertiary/aromatic N) is 1. The zero-order valence-corrected chi connectivity index (χ0v) is 11.6. The molecule has 110 valence electrons. The number of carbonyl (C=O) groups excluding carboxylic acids is 1. The molecule has 1 atom stereocenters.